The average Bonchev–Trinajstić information content (AvgIpc) is 3.09. The number of carbonyl (C=O) groups excluding carboxylic acids is 3. The molecule has 0 spiro atoms. The minimum atomic E-state index is -5.30. The Kier molecular flexibility index (Phi) is 10.0. The van der Waals surface area contributed by atoms with Crippen molar-refractivity contribution in [2.24, 2.45) is 5.16 Å². The Bertz CT molecular complexity index is 1140. The van der Waals surface area contributed by atoms with Crippen LogP contribution in [0.15, 0.2) is 10.5 Å². The molecule has 2 N–H and O–H groups in total. The van der Waals surface area contributed by atoms with Crippen molar-refractivity contribution in [3.05, 3.63) is 11.1 Å². The standard InChI is InChI=1S/C13H16ClN5O9S3.Na/c1-28-18-9(6-4-29-13(15-6)16-8(20)3-14)11(21)17-10-7(5-30(2,23)24)19(12(10)22)31(25,26)27;/h4,7,10H,3,5H2,1-2H3,(H,17,21)(H,15,16,20)(H,25,26,27);/q;+1/p-1/t7-,10+;/m1./s1. The first-order valence-corrected chi connectivity index (χ1v) is 12.8. The number of nitrogens with zero attached hydrogens (tertiary/aromatic N) is 3. The Hall–Kier alpha value is -1.34. The summed E-state index contributed by atoms with van der Waals surface area (Å²) in [6.07, 6.45) is 0.772. The number of rotatable bonds is 9. The maximum atomic E-state index is 12.6. The van der Waals surface area contributed by atoms with E-state index in [4.69, 9.17) is 11.6 Å². The van der Waals surface area contributed by atoms with Crippen LogP contribution in [0.1, 0.15) is 5.69 Å². The van der Waals surface area contributed by atoms with Crippen LogP contribution >= 0.6 is 22.9 Å². The van der Waals surface area contributed by atoms with Gasteiger partial charge in [-0.25, -0.2) is 26.1 Å². The number of oxime groups is 1. The third kappa shape index (κ3) is 7.08. The SMILES string of the molecule is CON=C(C(=O)N[C@@H]1C(=O)N(S(=O)(=O)[O-])[C@@H]1CS(C)(=O)=O)c1csc(NC(=O)CCl)n1.[Na+]. The van der Waals surface area contributed by atoms with Crippen molar-refractivity contribution in [1.82, 2.24) is 14.6 Å². The van der Waals surface area contributed by atoms with Gasteiger partial charge in [0.25, 0.3) is 11.8 Å². The fourth-order valence-electron chi connectivity index (χ4n) is 2.52. The molecule has 172 valence electrons. The number of sulfone groups is 1. The number of aromatic nitrogens is 1. The van der Waals surface area contributed by atoms with Crippen molar-refractivity contribution in [1.29, 1.82) is 0 Å². The van der Waals surface area contributed by atoms with Gasteiger partial charge in [-0.15, -0.1) is 22.9 Å². The van der Waals surface area contributed by atoms with E-state index < -0.39 is 61.4 Å². The van der Waals surface area contributed by atoms with Gasteiger partial charge in [0.05, 0.1) is 11.8 Å². The third-order valence-corrected chi connectivity index (χ3v) is 6.56. The first-order chi connectivity index (χ1) is 14.3. The number of amides is 3. The third-order valence-electron chi connectivity index (χ3n) is 3.68. The number of hydrogen-bond donors (Lipinski definition) is 2. The number of nitrogens with one attached hydrogen (secondary N) is 2. The van der Waals surface area contributed by atoms with Gasteiger partial charge in [0, 0.05) is 11.6 Å². The molecule has 19 heteroatoms. The second kappa shape index (κ2) is 11.2. The number of β-lactam (4-membered cyclic amide) rings is 1. The zero-order valence-corrected chi connectivity index (χ0v) is 22.0. The zero-order valence-electron chi connectivity index (χ0n) is 16.8. The van der Waals surface area contributed by atoms with Crippen LogP contribution in [0, 0.1) is 0 Å². The Labute approximate surface area is 213 Å². The maximum absolute atomic E-state index is 12.6. The summed E-state index contributed by atoms with van der Waals surface area (Å²) in [6, 6.07) is -3.26. The van der Waals surface area contributed by atoms with Crippen molar-refractivity contribution in [3.8, 4) is 0 Å². The monoisotopic (exact) mass is 539 g/mol. The van der Waals surface area contributed by atoms with Gasteiger partial charge in [-0.1, -0.05) is 5.16 Å². The summed E-state index contributed by atoms with van der Waals surface area (Å²) in [4.78, 5) is 44.6. The minimum absolute atomic E-state index is 0. The quantitative estimate of drug-likeness (QED) is 0.0762. The minimum Gasteiger partial charge on any atom is -0.731 e. The Balaban J connectivity index is 0.00000512. The topological polar surface area (TPSA) is 204 Å². The number of hydrogen-bond acceptors (Lipinski definition) is 12. The number of carbonyl (C=O) groups is 3. The van der Waals surface area contributed by atoms with E-state index in [-0.39, 0.29) is 50.6 Å². The van der Waals surface area contributed by atoms with Crippen LogP contribution in [0.5, 0.6) is 0 Å². The molecule has 1 aliphatic rings. The summed E-state index contributed by atoms with van der Waals surface area (Å²) in [6.45, 7) is 0. The molecule has 32 heavy (non-hydrogen) atoms. The molecule has 2 heterocycles. The summed E-state index contributed by atoms with van der Waals surface area (Å²) in [5.41, 5.74) is -0.534. The molecule has 1 aromatic rings. The fraction of sp³-hybridized carbons (Fsp3) is 0.462. The molecule has 0 aliphatic carbocycles. The van der Waals surface area contributed by atoms with E-state index in [1.54, 1.807) is 0 Å². The van der Waals surface area contributed by atoms with Crippen LogP contribution in [-0.2, 0) is 39.4 Å². The molecule has 0 unspecified atom stereocenters. The van der Waals surface area contributed by atoms with Crippen LogP contribution in [0.25, 0.3) is 0 Å². The molecular formula is C13H15ClN5NaO9S3. The number of alkyl halides is 1. The molecule has 1 saturated heterocycles. The molecule has 3 amide bonds. The molecule has 1 fully saturated rings. The summed E-state index contributed by atoms with van der Waals surface area (Å²) in [5.74, 6) is -4.14. The van der Waals surface area contributed by atoms with Gasteiger partial charge in [-0.3, -0.25) is 14.4 Å². The molecule has 0 aromatic carbocycles. The van der Waals surface area contributed by atoms with E-state index in [0.717, 1.165) is 24.7 Å². The van der Waals surface area contributed by atoms with Gasteiger partial charge in [0.15, 0.2) is 21.1 Å². The average molecular weight is 540 g/mol. The van der Waals surface area contributed by atoms with Gasteiger partial charge in [-0.2, -0.15) is 0 Å². The van der Waals surface area contributed by atoms with E-state index in [9.17, 15) is 35.8 Å². The summed E-state index contributed by atoms with van der Waals surface area (Å²) >= 11 is 6.30. The molecule has 1 aromatic heterocycles. The smallest absolute Gasteiger partial charge is 0.731 e. The van der Waals surface area contributed by atoms with Crippen LogP contribution in [0.4, 0.5) is 5.13 Å². The predicted octanol–water partition coefficient (Wildman–Crippen LogP) is -5.12. The van der Waals surface area contributed by atoms with E-state index in [2.05, 4.69) is 25.6 Å². The fourth-order valence-corrected chi connectivity index (χ4v) is 5.22. The van der Waals surface area contributed by atoms with Crippen molar-refractivity contribution >= 4 is 71.6 Å². The number of thiazole rings is 1. The van der Waals surface area contributed by atoms with Gasteiger partial charge in [0.1, 0.15) is 34.6 Å². The van der Waals surface area contributed by atoms with E-state index in [1.807, 2.05) is 0 Å². The van der Waals surface area contributed by atoms with E-state index >= 15 is 0 Å². The molecule has 0 radical (unpaired) electrons. The molecule has 0 bridgehead atoms. The molecule has 2 atom stereocenters. The summed E-state index contributed by atoms with van der Waals surface area (Å²) in [5, 5.41) is 9.39. The van der Waals surface area contributed by atoms with Crippen LogP contribution < -0.4 is 40.2 Å². The summed E-state index contributed by atoms with van der Waals surface area (Å²) < 4.78 is 56.8. The summed E-state index contributed by atoms with van der Waals surface area (Å²) in [7, 11) is -8.01. The predicted molar refractivity (Wildman–Crippen MR) is 107 cm³/mol. The molecule has 1 aliphatic heterocycles. The first kappa shape index (κ1) is 28.7. The molecule has 2 rings (SSSR count). The number of anilines is 1. The molecular weight excluding hydrogens is 525 g/mol. The van der Waals surface area contributed by atoms with Crippen molar-refractivity contribution in [3.63, 3.8) is 0 Å². The largest absolute Gasteiger partial charge is 1.00 e. The van der Waals surface area contributed by atoms with Gasteiger partial charge in [0.2, 0.25) is 5.91 Å². The second-order valence-corrected chi connectivity index (χ2v) is 10.6. The van der Waals surface area contributed by atoms with Crippen LogP contribution in [-0.4, -0.2) is 91.2 Å². The van der Waals surface area contributed by atoms with Crippen LogP contribution in [0.3, 0.4) is 0 Å². The first-order valence-electron chi connectivity index (χ1n) is 7.99. The maximum Gasteiger partial charge on any atom is 1.00 e. The molecule has 0 saturated carbocycles. The Morgan fingerprint density at radius 3 is 2.50 bits per heavy atom. The zero-order chi connectivity index (χ0) is 23.6. The second-order valence-electron chi connectivity index (χ2n) is 6.04. The van der Waals surface area contributed by atoms with Crippen molar-refractivity contribution < 1.29 is 70.2 Å². The Morgan fingerprint density at radius 1 is 1.38 bits per heavy atom. The van der Waals surface area contributed by atoms with Crippen molar-refractivity contribution in [2.45, 2.75) is 12.1 Å². The van der Waals surface area contributed by atoms with Gasteiger partial charge < -0.3 is 20.0 Å². The number of halogens is 1. The van der Waals surface area contributed by atoms with E-state index in [1.165, 1.54) is 5.38 Å². The van der Waals surface area contributed by atoms with Crippen molar-refractivity contribution in [2.75, 3.05) is 30.3 Å². The van der Waals surface area contributed by atoms with Gasteiger partial charge in [-0.05, 0) is 0 Å². The molecule has 14 nitrogen and oxygen atoms in total. The van der Waals surface area contributed by atoms with Crippen LogP contribution in [0.2, 0.25) is 0 Å². The Morgan fingerprint density at radius 2 is 2.00 bits per heavy atom. The normalized spacial score (nSPS) is 18.9. The van der Waals surface area contributed by atoms with Gasteiger partial charge >= 0.3 is 29.6 Å². The van der Waals surface area contributed by atoms with E-state index in [0.29, 0.717) is 0 Å².